The van der Waals surface area contributed by atoms with Gasteiger partial charge in [0.05, 0.1) is 17.8 Å². The molecule has 2 atom stereocenters. The van der Waals surface area contributed by atoms with Gasteiger partial charge in [0.1, 0.15) is 17.7 Å². The lowest BCUT2D eigenvalue weighted by Crippen LogP contribution is -2.46. The van der Waals surface area contributed by atoms with Crippen molar-refractivity contribution in [2.75, 3.05) is 18.8 Å². The molecule has 0 spiro atoms. The Morgan fingerprint density at radius 1 is 1.39 bits per heavy atom. The van der Waals surface area contributed by atoms with Crippen molar-refractivity contribution in [2.24, 2.45) is 16.8 Å². The summed E-state index contributed by atoms with van der Waals surface area (Å²) in [5.41, 5.74) is 7.84. The molecule has 176 valence electrons. The molecular weight excluding hydrogens is 428 g/mol. The monoisotopic (exact) mass is 457 g/mol. The molecule has 0 amide bonds. The smallest absolute Gasteiger partial charge is 0.174 e. The van der Waals surface area contributed by atoms with E-state index in [-0.39, 0.29) is 23.3 Å². The second-order valence-electron chi connectivity index (χ2n) is 7.67. The van der Waals surface area contributed by atoms with Crippen LogP contribution < -0.4 is 22.7 Å². The zero-order valence-corrected chi connectivity index (χ0v) is 18.5. The molecule has 0 bridgehead atoms. The van der Waals surface area contributed by atoms with Crippen LogP contribution in [-0.4, -0.2) is 44.7 Å². The lowest BCUT2D eigenvalue weighted by Gasteiger charge is -2.27. The van der Waals surface area contributed by atoms with Crippen LogP contribution in [-0.2, 0) is 0 Å². The maximum atomic E-state index is 14.5. The minimum absolute atomic E-state index is 0.0687. The Hall–Kier alpha value is -3.57. The number of nitrogens with zero attached hydrogens (tertiary/aromatic N) is 5. The summed E-state index contributed by atoms with van der Waals surface area (Å²) in [5, 5.41) is 12.4. The first kappa shape index (κ1) is 24.1. The second kappa shape index (κ2) is 10.8. The van der Waals surface area contributed by atoms with Crippen LogP contribution in [0.1, 0.15) is 31.4 Å². The van der Waals surface area contributed by atoms with Crippen LogP contribution in [0.15, 0.2) is 66.2 Å². The fraction of sp³-hybridized carbons (Fsp3) is 0.318. The van der Waals surface area contributed by atoms with Crippen LogP contribution in [0.5, 0.6) is 0 Å². The van der Waals surface area contributed by atoms with Crippen LogP contribution >= 0.6 is 0 Å². The van der Waals surface area contributed by atoms with Gasteiger partial charge in [-0.3, -0.25) is 9.69 Å². The fourth-order valence-corrected chi connectivity index (χ4v) is 3.65. The van der Waals surface area contributed by atoms with E-state index in [1.165, 1.54) is 18.2 Å². The van der Waals surface area contributed by atoms with E-state index in [9.17, 15) is 8.78 Å². The van der Waals surface area contributed by atoms with Gasteiger partial charge in [-0.15, -0.1) is 0 Å². The second-order valence-corrected chi connectivity index (χ2v) is 7.67. The molecule has 2 aromatic heterocycles. The number of nitrogens with two attached hydrogens (primary N) is 3. The summed E-state index contributed by atoms with van der Waals surface area (Å²) >= 11 is 0. The van der Waals surface area contributed by atoms with E-state index >= 15 is 0 Å². The number of amidine groups is 1. The molecule has 0 aliphatic carbocycles. The molecule has 33 heavy (non-hydrogen) atoms. The van der Waals surface area contributed by atoms with Crippen molar-refractivity contribution in [1.29, 1.82) is 0 Å². The van der Waals surface area contributed by atoms with Crippen LogP contribution in [0.4, 0.5) is 14.6 Å². The minimum Gasteiger partial charge on any atom is -0.383 e. The lowest BCUT2D eigenvalue weighted by molar-refractivity contribution is 0.345. The lowest BCUT2D eigenvalue weighted by atomic mass is 10.1. The van der Waals surface area contributed by atoms with Gasteiger partial charge in [-0.25, -0.2) is 19.6 Å². The van der Waals surface area contributed by atoms with Gasteiger partial charge in [-0.05, 0) is 32.4 Å². The Morgan fingerprint density at radius 2 is 2.18 bits per heavy atom. The number of hydrogen-bond donors (Lipinski definition) is 4. The number of aromatic nitrogens is 3. The van der Waals surface area contributed by atoms with Crippen molar-refractivity contribution < 1.29 is 8.78 Å². The molecule has 2 unspecified atom stereocenters. The maximum absolute atomic E-state index is 14.5. The summed E-state index contributed by atoms with van der Waals surface area (Å²) in [4.78, 5) is 4.23. The van der Waals surface area contributed by atoms with Crippen molar-refractivity contribution in [3.63, 3.8) is 0 Å². The molecule has 1 saturated heterocycles. The maximum Gasteiger partial charge on any atom is 0.174 e. The molecule has 3 heterocycles. The zero-order valence-electron chi connectivity index (χ0n) is 18.5. The first-order valence-electron chi connectivity index (χ1n) is 10.5. The number of nitrogens with one attached hydrogen (secondary N) is 1. The highest BCUT2D eigenvalue weighted by atomic mass is 19.2. The van der Waals surface area contributed by atoms with Crippen molar-refractivity contribution >= 4 is 11.7 Å². The summed E-state index contributed by atoms with van der Waals surface area (Å²) in [6.45, 7) is 6.39. The third kappa shape index (κ3) is 5.44. The number of halogens is 2. The Balaban J connectivity index is 1.95. The molecule has 11 heteroatoms. The SMILES string of the molecule is C=CC=CC(/C(F)=C(\C)F)N(N)/C(=N\N)c1cc(-c2cnn(C3CCCNC3)c2)cnc1N. The summed E-state index contributed by atoms with van der Waals surface area (Å²) in [6.07, 6.45) is 11.6. The minimum atomic E-state index is -1.32. The Labute approximate surface area is 191 Å². The van der Waals surface area contributed by atoms with E-state index < -0.39 is 17.7 Å². The van der Waals surface area contributed by atoms with Gasteiger partial charge in [0, 0.05) is 30.1 Å². The summed E-state index contributed by atoms with van der Waals surface area (Å²) in [5.74, 6) is 9.62. The van der Waals surface area contributed by atoms with Crippen LogP contribution in [0, 0.1) is 0 Å². The fourth-order valence-electron chi connectivity index (χ4n) is 3.65. The molecule has 0 aromatic carbocycles. The van der Waals surface area contributed by atoms with Gasteiger partial charge >= 0.3 is 0 Å². The number of pyridine rings is 1. The van der Waals surface area contributed by atoms with Crippen molar-refractivity contribution in [3.05, 3.63) is 66.7 Å². The predicted octanol–water partition coefficient (Wildman–Crippen LogP) is 2.53. The zero-order chi connectivity index (χ0) is 24.0. The van der Waals surface area contributed by atoms with Crippen molar-refractivity contribution in [3.8, 4) is 11.1 Å². The number of piperidine rings is 1. The van der Waals surface area contributed by atoms with E-state index in [0.717, 1.165) is 43.4 Å². The molecule has 1 aliphatic heterocycles. The van der Waals surface area contributed by atoms with Gasteiger partial charge < -0.3 is 16.9 Å². The predicted molar refractivity (Wildman–Crippen MR) is 126 cm³/mol. The third-order valence-electron chi connectivity index (χ3n) is 5.42. The molecule has 0 radical (unpaired) electrons. The highest BCUT2D eigenvalue weighted by Gasteiger charge is 2.26. The van der Waals surface area contributed by atoms with Crippen molar-refractivity contribution in [1.82, 2.24) is 25.1 Å². The third-order valence-corrected chi connectivity index (χ3v) is 5.42. The first-order valence-corrected chi connectivity index (χ1v) is 10.5. The van der Waals surface area contributed by atoms with Gasteiger partial charge in [0.25, 0.3) is 0 Å². The molecule has 9 nitrogen and oxygen atoms in total. The van der Waals surface area contributed by atoms with E-state index in [4.69, 9.17) is 17.4 Å². The molecule has 7 N–H and O–H groups in total. The van der Waals surface area contributed by atoms with Gasteiger partial charge in [0.15, 0.2) is 11.7 Å². The van der Waals surface area contributed by atoms with Crippen molar-refractivity contribution in [2.45, 2.75) is 31.8 Å². The van der Waals surface area contributed by atoms with Gasteiger partial charge in [-0.2, -0.15) is 10.2 Å². The standard InChI is InChI=1S/C22H29F2N9/c1-3-4-7-19(20(24)14(2)23)33(27)22(31-26)18-9-15(10-29-21(18)25)16-11-30-32(13-16)17-6-5-8-28-12-17/h3-4,7,9-11,13,17,19,28H,1,5-6,8,12,26-27H2,2H3,(H2,25,29)/b7-4?,20-14-,31-22-. The molecule has 0 saturated carbocycles. The van der Waals surface area contributed by atoms with Crippen LogP contribution in [0.3, 0.4) is 0 Å². The number of hydrazone groups is 1. The van der Waals surface area contributed by atoms with E-state index in [1.54, 1.807) is 18.5 Å². The van der Waals surface area contributed by atoms with E-state index in [1.807, 2.05) is 10.9 Å². The number of hydrogen-bond acceptors (Lipinski definition) is 7. The highest BCUT2D eigenvalue weighted by molar-refractivity contribution is 6.03. The Bertz CT molecular complexity index is 1060. The molecule has 2 aromatic rings. The first-order chi connectivity index (χ1) is 15.9. The number of nitrogen functional groups attached to an aromatic ring is 1. The summed E-state index contributed by atoms with van der Waals surface area (Å²) in [7, 11) is 0. The quantitative estimate of drug-likeness (QED) is 0.165. The average molecular weight is 458 g/mol. The normalized spacial score (nSPS) is 18.8. The largest absolute Gasteiger partial charge is 0.383 e. The number of allylic oxidation sites excluding steroid dienone is 3. The number of hydrazine groups is 1. The number of anilines is 1. The molecule has 1 fully saturated rings. The van der Waals surface area contributed by atoms with E-state index in [2.05, 4.69) is 27.1 Å². The topological polar surface area (TPSA) is 136 Å². The van der Waals surface area contributed by atoms with Crippen LogP contribution in [0.25, 0.3) is 11.1 Å². The Kier molecular flexibility index (Phi) is 7.91. The molecular formula is C22H29F2N9. The van der Waals surface area contributed by atoms with Gasteiger partial charge in [0.2, 0.25) is 0 Å². The molecule has 3 rings (SSSR count). The molecule has 1 aliphatic rings. The summed E-state index contributed by atoms with van der Waals surface area (Å²) < 4.78 is 30.1. The van der Waals surface area contributed by atoms with Gasteiger partial charge in [-0.1, -0.05) is 24.8 Å². The number of rotatable bonds is 7. The highest BCUT2D eigenvalue weighted by Crippen LogP contribution is 2.26. The summed E-state index contributed by atoms with van der Waals surface area (Å²) in [6, 6.07) is 0.637. The Morgan fingerprint density at radius 3 is 2.82 bits per heavy atom. The van der Waals surface area contributed by atoms with Crippen LogP contribution in [0.2, 0.25) is 0 Å². The van der Waals surface area contributed by atoms with E-state index in [0.29, 0.717) is 5.56 Å². The average Bonchev–Trinajstić information content (AvgIpc) is 3.31.